The molecule has 0 spiro atoms. The molecule has 1 unspecified atom stereocenters. The van der Waals surface area contributed by atoms with Crippen molar-refractivity contribution in [2.75, 3.05) is 32.5 Å². The van der Waals surface area contributed by atoms with Crippen molar-refractivity contribution in [2.45, 2.75) is 19.4 Å². The number of amides is 1. The first kappa shape index (κ1) is 15.3. The fraction of sp³-hybridized carbons (Fsp3) is 0.467. The highest BCUT2D eigenvalue weighted by atomic mass is 16.5. The van der Waals surface area contributed by atoms with E-state index in [0.29, 0.717) is 30.9 Å². The maximum Gasteiger partial charge on any atom is 0.308 e. The van der Waals surface area contributed by atoms with E-state index in [0.717, 1.165) is 5.56 Å². The molecule has 0 radical (unpaired) electrons. The Hall–Kier alpha value is -2.08. The van der Waals surface area contributed by atoms with Crippen LogP contribution in [0.2, 0.25) is 0 Å². The van der Waals surface area contributed by atoms with Crippen LogP contribution in [0, 0.1) is 6.92 Å². The lowest BCUT2D eigenvalue weighted by molar-refractivity contribution is -0.145. The molecule has 6 heteroatoms. The van der Waals surface area contributed by atoms with Gasteiger partial charge in [-0.2, -0.15) is 0 Å². The zero-order valence-corrected chi connectivity index (χ0v) is 12.3. The first-order valence-electron chi connectivity index (χ1n) is 6.85. The highest BCUT2D eigenvalue weighted by Gasteiger charge is 2.27. The van der Waals surface area contributed by atoms with Crippen molar-refractivity contribution in [3.63, 3.8) is 0 Å². The van der Waals surface area contributed by atoms with E-state index in [4.69, 9.17) is 10.5 Å². The first-order chi connectivity index (χ1) is 10.0. The molecule has 1 saturated heterocycles. The molecule has 0 aromatic heterocycles. The van der Waals surface area contributed by atoms with Gasteiger partial charge in [0.2, 0.25) is 0 Å². The van der Waals surface area contributed by atoms with Gasteiger partial charge in [0.15, 0.2) is 0 Å². The van der Waals surface area contributed by atoms with Crippen LogP contribution in [-0.2, 0) is 14.3 Å². The van der Waals surface area contributed by atoms with Crippen molar-refractivity contribution in [3.05, 3.63) is 29.3 Å². The predicted octanol–water partition coefficient (Wildman–Crippen LogP) is 0.981. The Bertz CT molecular complexity index is 544. The molecule has 1 fully saturated rings. The minimum absolute atomic E-state index is 0.0973. The third-order valence-corrected chi connectivity index (χ3v) is 3.57. The van der Waals surface area contributed by atoms with Crippen LogP contribution in [0.5, 0.6) is 0 Å². The maximum atomic E-state index is 12.5. The van der Waals surface area contributed by atoms with Gasteiger partial charge in [-0.1, -0.05) is 6.07 Å². The number of benzene rings is 1. The van der Waals surface area contributed by atoms with E-state index >= 15 is 0 Å². The van der Waals surface area contributed by atoms with Crippen LogP contribution >= 0.6 is 0 Å². The van der Waals surface area contributed by atoms with Gasteiger partial charge in [-0.25, -0.2) is 0 Å². The van der Waals surface area contributed by atoms with Gasteiger partial charge in [-0.05, 0) is 24.6 Å². The van der Waals surface area contributed by atoms with Gasteiger partial charge in [0.1, 0.15) is 0 Å². The van der Waals surface area contributed by atoms with Crippen LogP contribution in [0.25, 0.3) is 0 Å². The first-order valence-corrected chi connectivity index (χ1v) is 6.85. The van der Waals surface area contributed by atoms with Crippen molar-refractivity contribution >= 4 is 17.6 Å². The topological polar surface area (TPSA) is 81.9 Å². The Kier molecular flexibility index (Phi) is 4.80. The second-order valence-electron chi connectivity index (χ2n) is 5.10. The molecule has 1 aromatic carbocycles. The predicted molar refractivity (Wildman–Crippen MR) is 77.9 cm³/mol. The van der Waals surface area contributed by atoms with Crippen LogP contribution in [0.15, 0.2) is 18.2 Å². The van der Waals surface area contributed by atoms with Crippen LogP contribution in [0.3, 0.4) is 0 Å². The fourth-order valence-corrected chi connectivity index (χ4v) is 2.25. The summed E-state index contributed by atoms with van der Waals surface area (Å²) in [5.41, 5.74) is 7.93. The van der Waals surface area contributed by atoms with E-state index in [1.807, 2.05) is 13.0 Å². The Morgan fingerprint density at radius 3 is 2.90 bits per heavy atom. The third kappa shape index (κ3) is 3.72. The second kappa shape index (κ2) is 6.58. The molecular weight excluding hydrogens is 272 g/mol. The highest BCUT2D eigenvalue weighted by molar-refractivity contribution is 5.95. The molecule has 2 rings (SSSR count). The molecule has 21 heavy (non-hydrogen) atoms. The fourth-order valence-electron chi connectivity index (χ4n) is 2.25. The molecule has 1 amide bonds. The van der Waals surface area contributed by atoms with Crippen molar-refractivity contribution < 1.29 is 19.1 Å². The van der Waals surface area contributed by atoms with E-state index in [-0.39, 0.29) is 24.4 Å². The van der Waals surface area contributed by atoms with E-state index in [1.54, 1.807) is 17.0 Å². The molecule has 6 nitrogen and oxygen atoms in total. The molecule has 2 N–H and O–H groups in total. The Morgan fingerprint density at radius 2 is 2.24 bits per heavy atom. The molecule has 1 atom stereocenters. The molecular formula is C15H20N2O4. The molecule has 1 heterocycles. The number of hydrogen-bond acceptors (Lipinski definition) is 5. The van der Waals surface area contributed by atoms with Gasteiger partial charge >= 0.3 is 5.97 Å². The third-order valence-electron chi connectivity index (χ3n) is 3.57. The molecule has 1 aromatic rings. The molecule has 114 valence electrons. The van der Waals surface area contributed by atoms with Gasteiger partial charge in [-0.15, -0.1) is 0 Å². The number of anilines is 1. The SMILES string of the molecule is COC(=O)CC1CN(C(=O)c2ccc(C)c(N)c2)CCO1. The van der Waals surface area contributed by atoms with Gasteiger partial charge in [0, 0.05) is 24.3 Å². The zero-order chi connectivity index (χ0) is 15.4. The molecule has 1 aliphatic rings. The van der Waals surface area contributed by atoms with Crippen molar-refractivity contribution in [1.82, 2.24) is 4.90 Å². The summed E-state index contributed by atoms with van der Waals surface area (Å²) in [6.07, 6.45) is -0.172. The number of carbonyl (C=O) groups is 2. The minimum Gasteiger partial charge on any atom is -0.469 e. The standard InChI is InChI=1S/C15H20N2O4/c1-10-3-4-11(7-13(10)16)15(19)17-5-6-21-12(9-17)8-14(18)20-2/h3-4,7,12H,5-6,8-9,16H2,1-2H3. The summed E-state index contributed by atoms with van der Waals surface area (Å²) in [4.78, 5) is 25.4. The van der Waals surface area contributed by atoms with E-state index in [9.17, 15) is 9.59 Å². The van der Waals surface area contributed by atoms with E-state index in [1.165, 1.54) is 7.11 Å². The number of hydrogen-bond donors (Lipinski definition) is 1. The maximum absolute atomic E-state index is 12.5. The summed E-state index contributed by atoms with van der Waals surface area (Å²) >= 11 is 0. The summed E-state index contributed by atoms with van der Waals surface area (Å²) in [5.74, 6) is -0.436. The number of rotatable bonds is 3. The summed E-state index contributed by atoms with van der Waals surface area (Å²) < 4.78 is 10.1. The average molecular weight is 292 g/mol. The largest absolute Gasteiger partial charge is 0.469 e. The van der Waals surface area contributed by atoms with Crippen LogP contribution in [0.4, 0.5) is 5.69 Å². The van der Waals surface area contributed by atoms with Gasteiger partial charge in [0.25, 0.3) is 5.91 Å². The number of carbonyl (C=O) groups excluding carboxylic acids is 2. The number of methoxy groups -OCH3 is 1. The molecule has 0 saturated carbocycles. The number of nitrogens with two attached hydrogens (primary N) is 1. The summed E-state index contributed by atoms with van der Waals surface area (Å²) in [5, 5.41) is 0. The van der Waals surface area contributed by atoms with Gasteiger partial charge < -0.3 is 20.1 Å². The Morgan fingerprint density at radius 1 is 1.48 bits per heavy atom. The van der Waals surface area contributed by atoms with Crippen LogP contribution < -0.4 is 5.73 Å². The van der Waals surface area contributed by atoms with Gasteiger partial charge in [0.05, 0.1) is 26.2 Å². The number of nitrogens with zero attached hydrogens (tertiary/aromatic N) is 1. The lowest BCUT2D eigenvalue weighted by atomic mass is 10.1. The lowest BCUT2D eigenvalue weighted by Gasteiger charge is -2.32. The second-order valence-corrected chi connectivity index (χ2v) is 5.10. The lowest BCUT2D eigenvalue weighted by Crippen LogP contribution is -2.46. The van der Waals surface area contributed by atoms with E-state index in [2.05, 4.69) is 4.74 Å². The highest BCUT2D eigenvalue weighted by Crippen LogP contribution is 2.17. The van der Waals surface area contributed by atoms with Gasteiger partial charge in [-0.3, -0.25) is 9.59 Å². The monoisotopic (exact) mass is 292 g/mol. The number of nitrogen functional groups attached to an aromatic ring is 1. The molecule has 0 aliphatic carbocycles. The number of ether oxygens (including phenoxy) is 2. The van der Waals surface area contributed by atoms with Crippen molar-refractivity contribution in [2.24, 2.45) is 0 Å². The van der Waals surface area contributed by atoms with Crippen LogP contribution in [-0.4, -0.2) is 49.7 Å². The Labute approximate surface area is 123 Å². The van der Waals surface area contributed by atoms with Crippen molar-refractivity contribution in [1.29, 1.82) is 0 Å². The number of aryl methyl sites for hydroxylation is 1. The van der Waals surface area contributed by atoms with Crippen LogP contribution in [0.1, 0.15) is 22.3 Å². The summed E-state index contributed by atoms with van der Waals surface area (Å²) in [6.45, 7) is 3.19. The van der Waals surface area contributed by atoms with Crippen molar-refractivity contribution in [3.8, 4) is 0 Å². The van der Waals surface area contributed by atoms with E-state index < -0.39 is 0 Å². The number of esters is 1. The normalized spacial score (nSPS) is 18.4. The summed E-state index contributed by atoms with van der Waals surface area (Å²) in [6, 6.07) is 5.27. The smallest absolute Gasteiger partial charge is 0.308 e. The minimum atomic E-state index is -0.339. The summed E-state index contributed by atoms with van der Waals surface area (Å²) in [7, 11) is 1.34. The number of morpholine rings is 1. The average Bonchev–Trinajstić information content (AvgIpc) is 2.49. The zero-order valence-electron chi connectivity index (χ0n) is 12.3. The Balaban J connectivity index is 2.04. The molecule has 0 bridgehead atoms. The quantitative estimate of drug-likeness (QED) is 0.663. The molecule has 1 aliphatic heterocycles.